The zero-order valence-electron chi connectivity index (χ0n) is 7.46. The third-order valence-corrected chi connectivity index (χ3v) is 1.57. The predicted octanol–water partition coefficient (Wildman–Crippen LogP) is 2.45. The highest BCUT2D eigenvalue weighted by molar-refractivity contribution is 5.26. The molecule has 11 heavy (non-hydrogen) atoms. The van der Waals surface area contributed by atoms with Gasteiger partial charge in [-0.3, -0.25) is 0 Å². The summed E-state index contributed by atoms with van der Waals surface area (Å²) in [5.41, 5.74) is 2.16. The lowest BCUT2D eigenvalue weighted by atomic mass is 10.2. The van der Waals surface area contributed by atoms with E-state index < -0.39 is 0 Å². The molecule has 0 aliphatic rings. The molecular formula is C10H16O. The molecule has 0 spiro atoms. The molecule has 0 amide bonds. The van der Waals surface area contributed by atoms with E-state index in [0.29, 0.717) is 0 Å². The Morgan fingerprint density at radius 2 is 1.82 bits per heavy atom. The van der Waals surface area contributed by atoms with E-state index in [1.165, 1.54) is 5.57 Å². The fraction of sp³-hybridized carbons (Fsp3) is 0.400. The van der Waals surface area contributed by atoms with Crippen molar-refractivity contribution >= 4 is 0 Å². The van der Waals surface area contributed by atoms with Crippen LogP contribution in [0.4, 0.5) is 0 Å². The zero-order valence-corrected chi connectivity index (χ0v) is 7.46. The Bertz CT molecular complexity index is 185. The van der Waals surface area contributed by atoms with Crippen molar-refractivity contribution in [2.75, 3.05) is 6.61 Å². The molecule has 0 saturated carbocycles. The summed E-state index contributed by atoms with van der Waals surface area (Å²) in [5, 5.41) is 8.77. The Balaban J connectivity index is 4.12. The van der Waals surface area contributed by atoms with Crippen molar-refractivity contribution in [1.82, 2.24) is 0 Å². The van der Waals surface area contributed by atoms with Crippen LogP contribution in [0.3, 0.4) is 0 Å². The van der Waals surface area contributed by atoms with Crippen molar-refractivity contribution < 1.29 is 5.11 Å². The second-order valence-corrected chi connectivity index (χ2v) is 2.39. The molecule has 0 aromatic carbocycles. The molecule has 0 bridgehead atoms. The third kappa shape index (κ3) is 4.57. The molecular weight excluding hydrogens is 136 g/mol. The molecule has 1 N–H and O–H groups in total. The summed E-state index contributed by atoms with van der Waals surface area (Å²) in [4.78, 5) is 0. The average molecular weight is 152 g/mol. The van der Waals surface area contributed by atoms with Crippen LogP contribution in [0.2, 0.25) is 0 Å². The summed E-state index contributed by atoms with van der Waals surface area (Å²) in [7, 11) is 0. The Morgan fingerprint density at radius 3 is 2.18 bits per heavy atom. The molecule has 1 heteroatoms. The molecule has 0 heterocycles. The summed E-state index contributed by atoms with van der Waals surface area (Å²) in [6.07, 6.45) is 7.85. The first-order valence-corrected chi connectivity index (χ1v) is 3.81. The van der Waals surface area contributed by atoms with Crippen molar-refractivity contribution in [3.8, 4) is 0 Å². The van der Waals surface area contributed by atoms with E-state index >= 15 is 0 Å². The largest absolute Gasteiger partial charge is 0.392 e. The minimum atomic E-state index is 0.115. The highest BCUT2D eigenvalue weighted by atomic mass is 16.3. The van der Waals surface area contributed by atoms with Gasteiger partial charge in [-0.05, 0) is 26.3 Å². The van der Waals surface area contributed by atoms with Crippen molar-refractivity contribution in [3.63, 3.8) is 0 Å². The van der Waals surface area contributed by atoms with Gasteiger partial charge in [0.2, 0.25) is 0 Å². The second-order valence-electron chi connectivity index (χ2n) is 2.39. The van der Waals surface area contributed by atoms with E-state index in [-0.39, 0.29) is 6.61 Å². The minimum Gasteiger partial charge on any atom is -0.392 e. The van der Waals surface area contributed by atoms with Gasteiger partial charge in [0, 0.05) is 0 Å². The van der Waals surface area contributed by atoms with Crippen molar-refractivity contribution in [1.29, 1.82) is 0 Å². The van der Waals surface area contributed by atoms with E-state index in [9.17, 15) is 0 Å². The lowest BCUT2D eigenvalue weighted by molar-refractivity contribution is 0.335. The molecule has 0 unspecified atom stereocenters. The fourth-order valence-electron chi connectivity index (χ4n) is 0.575. The van der Waals surface area contributed by atoms with E-state index in [0.717, 1.165) is 5.57 Å². The van der Waals surface area contributed by atoms with Gasteiger partial charge >= 0.3 is 0 Å². The van der Waals surface area contributed by atoms with E-state index in [1.54, 1.807) is 0 Å². The summed E-state index contributed by atoms with van der Waals surface area (Å²) in [6, 6.07) is 0. The second kappa shape index (κ2) is 5.93. The highest BCUT2D eigenvalue weighted by Crippen LogP contribution is 1.99. The van der Waals surface area contributed by atoms with Gasteiger partial charge in [0.1, 0.15) is 0 Å². The van der Waals surface area contributed by atoms with Gasteiger partial charge < -0.3 is 5.11 Å². The molecule has 0 saturated heterocycles. The molecule has 0 aromatic heterocycles. The number of allylic oxidation sites excluding steroid dienone is 4. The van der Waals surface area contributed by atoms with Crippen LogP contribution in [0.5, 0.6) is 0 Å². The van der Waals surface area contributed by atoms with Crippen LogP contribution in [-0.2, 0) is 0 Å². The number of aliphatic hydroxyl groups excluding tert-OH is 1. The Hall–Kier alpha value is -0.820. The molecule has 0 atom stereocenters. The third-order valence-electron chi connectivity index (χ3n) is 1.57. The molecule has 0 aliphatic carbocycles. The van der Waals surface area contributed by atoms with Crippen molar-refractivity contribution in [2.45, 2.75) is 20.8 Å². The lowest BCUT2D eigenvalue weighted by Crippen LogP contribution is -1.84. The molecule has 0 radical (unpaired) electrons. The SMILES string of the molecule is C\C=C(C)/C=C\C(=C/C)CO. The molecule has 62 valence electrons. The summed E-state index contributed by atoms with van der Waals surface area (Å²) in [6.45, 7) is 6.06. The van der Waals surface area contributed by atoms with E-state index in [2.05, 4.69) is 0 Å². The van der Waals surface area contributed by atoms with Crippen LogP contribution in [-0.4, -0.2) is 11.7 Å². The lowest BCUT2D eigenvalue weighted by Gasteiger charge is -1.93. The normalized spacial score (nSPS) is 14.5. The van der Waals surface area contributed by atoms with Gasteiger partial charge in [-0.25, -0.2) is 0 Å². The first-order chi connectivity index (χ1) is 5.24. The van der Waals surface area contributed by atoms with Crippen LogP contribution in [0.25, 0.3) is 0 Å². The molecule has 1 nitrogen and oxygen atoms in total. The maximum atomic E-state index is 8.77. The molecule has 0 rings (SSSR count). The maximum absolute atomic E-state index is 8.77. The van der Waals surface area contributed by atoms with Gasteiger partial charge in [0.05, 0.1) is 6.61 Å². The standard InChI is InChI=1S/C10H16O/c1-4-9(3)6-7-10(5-2)8-11/h4-7,11H,8H2,1-3H3/b7-6-,9-4-,10-5+. The van der Waals surface area contributed by atoms with E-state index in [1.807, 2.05) is 45.1 Å². The number of rotatable bonds is 3. The van der Waals surface area contributed by atoms with Crippen LogP contribution in [0, 0.1) is 0 Å². The Labute approximate surface area is 68.7 Å². The van der Waals surface area contributed by atoms with E-state index in [4.69, 9.17) is 5.11 Å². The topological polar surface area (TPSA) is 20.2 Å². The van der Waals surface area contributed by atoms with Gasteiger partial charge in [-0.2, -0.15) is 0 Å². The average Bonchev–Trinajstić information content (AvgIpc) is 2.06. The minimum absolute atomic E-state index is 0.115. The summed E-state index contributed by atoms with van der Waals surface area (Å²) in [5.74, 6) is 0. The molecule has 0 fully saturated rings. The van der Waals surface area contributed by atoms with Crippen molar-refractivity contribution in [2.24, 2.45) is 0 Å². The first-order valence-electron chi connectivity index (χ1n) is 3.81. The number of aliphatic hydroxyl groups is 1. The zero-order chi connectivity index (χ0) is 8.69. The quantitative estimate of drug-likeness (QED) is 0.616. The summed E-state index contributed by atoms with van der Waals surface area (Å²) >= 11 is 0. The van der Waals surface area contributed by atoms with Crippen LogP contribution >= 0.6 is 0 Å². The Kier molecular flexibility index (Phi) is 5.49. The number of hydrogen-bond donors (Lipinski definition) is 1. The first kappa shape index (κ1) is 10.2. The monoisotopic (exact) mass is 152 g/mol. The summed E-state index contributed by atoms with van der Waals surface area (Å²) < 4.78 is 0. The van der Waals surface area contributed by atoms with Crippen molar-refractivity contribution in [3.05, 3.63) is 35.5 Å². The number of hydrogen-bond acceptors (Lipinski definition) is 1. The van der Waals surface area contributed by atoms with Crippen LogP contribution < -0.4 is 0 Å². The van der Waals surface area contributed by atoms with Crippen LogP contribution in [0.15, 0.2) is 35.5 Å². The molecule has 0 aliphatic heterocycles. The predicted molar refractivity (Wildman–Crippen MR) is 49.4 cm³/mol. The van der Waals surface area contributed by atoms with Gasteiger partial charge in [-0.1, -0.05) is 29.9 Å². The molecule has 0 aromatic rings. The van der Waals surface area contributed by atoms with Gasteiger partial charge in [0.25, 0.3) is 0 Å². The smallest absolute Gasteiger partial charge is 0.0678 e. The van der Waals surface area contributed by atoms with Gasteiger partial charge in [0.15, 0.2) is 0 Å². The fourth-order valence-corrected chi connectivity index (χ4v) is 0.575. The van der Waals surface area contributed by atoms with Crippen LogP contribution in [0.1, 0.15) is 20.8 Å². The Morgan fingerprint density at radius 1 is 1.18 bits per heavy atom. The highest BCUT2D eigenvalue weighted by Gasteiger charge is 1.84. The maximum Gasteiger partial charge on any atom is 0.0678 e. The van der Waals surface area contributed by atoms with Gasteiger partial charge in [-0.15, -0.1) is 0 Å².